The van der Waals surface area contributed by atoms with Crippen molar-refractivity contribution in [1.82, 2.24) is 4.90 Å². The maximum Gasteiger partial charge on any atom is 0.320 e. The Hall–Kier alpha value is -1.00. The number of ether oxygens (including phenoxy) is 1. The lowest BCUT2D eigenvalue weighted by Gasteiger charge is -2.17. The zero-order valence-electron chi connectivity index (χ0n) is 11.5. The van der Waals surface area contributed by atoms with Crippen LogP contribution in [0.5, 0.6) is 0 Å². The van der Waals surface area contributed by atoms with Gasteiger partial charge in [0.2, 0.25) is 0 Å². The van der Waals surface area contributed by atoms with Crippen molar-refractivity contribution in [2.24, 2.45) is 0 Å². The van der Waals surface area contributed by atoms with E-state index in [1.165, 1.54) is 10.5 Å². The molecule has 1 aromatic rings. The fourth-order valence-electron chi connectivity index (χ4n) is 1.62. The van der Waals surface area contributed by atoms with E-state index in [1.54, 1.807) is 11.8 Å². The first-order valence-electron chi connectivity index (χ1n) is 6.02. The summed E-state index contributed by atoms with van der Waals surface area (Å²) >= 11 is 1.73. The zero-order valence-corrected chi connectivity index (χ0v) is 12.3. The highest BCUT2D eigenvalue weighted by Crippen LogP contribution is 2.15. The molecule has 0 saturated carbocycles. The third-order valence-corrected chi connectivity index (χ3v) is 3.12. The van der Waals surface area contributed by atoms with Crippen molar-refractivity contribution >= 4 is 17.7 Å². The summed E-state index contributed by atoms with van der Waals surface area (Å²) in [5, 5.41) is 0. The lowest BCUT2D eigenvalue weighted by molar-refractivity contribution is -0.148. The van der Waals surface area contributed by atoms with Crippen LogP contribution in [0, 0.1) is 0 Å². The summed E-state index contributed by atoms with van der Waals surface area (Å²) in [6.07, 6.45) is 2.01. The van der Waals surface area contributed by atoms with E-state index in [0.29, 0.717) is 6.54 Å². The monoisotopic (exact) mass is 267 g/mol. The molecule has 0 aliphatic heterocycles. The second-order valence-corrected chi connectivity index (χ2v) is 5.44. The minimum absolute atomic E-state index is 0.0493. The molecule has 0 unspecified atom stereocenters. The summed E-state index contributed by atoms with van der Waals surface area (Å²) in [5.41, 5.74) is 1.20. The zero-order chi connectivity index (χ0) is 13.5. The Bertz CT molecular complexity index is 376. The molecule has 0 amide bonds. The van der Waals surface area contributed by atoms with E-state index in [-0.39, 0.29) is 12.1 Å². The first-order chi connectivity index (χ1) is 8.51. The van der Waals surface area contributed by atoms with Crippen molar-refractivity contribution in [3.63, 3.8) is 0 Å². The van der Waals surface area contributed by atoms with Gasteiger partial charge in [-0.1, -0.05) is 12.1 Å². The van der Waals surface area contributed by atoms with Crippen LogP contribution < -0.4 is 0 Å². The van der Waals surface area contributed by atoms with Gasteiger partial charge in [0.15, 0.2) is 0 Å². The largest absolute Gasteiger partial charge is 0.462 e. The van der Waals surface area contributed by atoms with Crippen molar-refractivity contribution in [2.75, 3.05) is 19.8 Å². The van der Waals surface area contributed by atoms with Crippen LogP contribution in [0.3, 0.4) is 0 Å². The molecule has 0 fully saturated rings. The molecule has 18 heavy (non-hydrogen) atoms. The van der Waals surface area contributed by atoms with E-state index in [9.17, 15) is 4.79 Å². The maximum atomic E-state index is 11.5. The van der Waals surface area contributed by atoms with Crippen molar-refractivity contribution in [3.05, 3.63) is 29.8 Å². The third kappa shape index (κ3) is 5.56. The molecule has 0 aliphatic rings. The van der Waals surface area contributed by atoms with E-state index in [4.69, 9.17) is 4.74 Å². The van der Waals surface area contributed by atoms with Gasteiger partial charge in [0.05, 0.1) is 12.6 Å². The summed E-state index contributed by atoms with van der Waals surface area (Å²) in [5.74, 6) is -0.173. The number of rotatable bonds is 6. The van der Waals surface area contributed by atoms with E-state index in [2.05, 4.69) is 30.5 Å². The molecule has 1 aromatic carbocycles. The van der Waals surface area contributed by atoms with Gasteiger partial charge in [-0.15, -0.1) is 11.8 Å². The molecule has 0 bridgehead atoms. The van der Waals surface area contributed by atoms with E-state index in [1.807, 2.05) is 25.8 Å². The minimum Gasteiger partial charge on any atom is -0.462 e. The van der Waals surface area contributed by atoms with Gasteiger partial charge in [-0.3, -0.25) is 9.69 Å². The topological polar surface area (TPSA) is 29.5 Å². The standard InChI is InChI=1S/C14H21NO2S/c1-11(2)17-14(16)10-15(3)9-12-5-7-13(18-4)8-6-12/h5-8,11H,9-10H2,1-4H3. The van der Waals surface area contributed by atoms with Crippen LogP contribution in [0.2, 0.25) is 0 Å². The number of esters is 1. The Morgan fingerprint density at radius 2 is 1.94 bits per heavy atom. The molecule has 1 rings (SSSR count). The highest BCUT2D eigenvalue weighted by molar-refractivity contribution is 7.98. The molecular weight excluding hydrogens is 246 g/mol. The lowest BCUT2D eigenvalue weighted by Crippen LogP contribution is -2.28. The quantitative estimate of drug-likeness (QED) is 0.585. The number of nitrogens with zero attached hydrogens (tertiary/aromatic N) is 1. The minimum atomic E-state index is -0.173. The van der Waals surface area contributed by atoms with E-state index < -0.39 is 0 Å². The summed E-state index contributed by atoms with van der Waals surface area (Å²) in [7, 11) is 1.92. The average Bonchev–Trinajstić information content (AvgIpc) is 2.28. The van der Waals surface area contributed by atoms with Crippen LogP contribution in [-0.2, 0) is 16.1 Å². The third-order valence-electron chi connectivity index (χ3n) is 2.38. The average molecular weight is 267 g/mol. The van der Waals surface area contributed by atoms with E-state index >= 15 is 0 Å². The summed E-state index contributed by atoms with van der Waals surface area (Å²) in [6.45, 7) is 4.79. The molecular formula is C14H21NO2S. The van der Waals surface area contributed by atoms with Gasteiger partial charge in [0.1, 0.15) is 0 Å². The number of likely N-dealkylation sites (N-methyl/N-ethyl adjacent to an activating group) is 1. The fourth-order valence-corrected chi connectivity index (χ4v) is 2.03. The summed E-state index contributed by atoms with van der Waals surface area (Å²) in [6, 6.07) is 8.38. The summed E-state index contributed by atoms with van der Waals surface area (Å²) in [4.78, 5) is 14.7. The van der Waals surface area contributed by atoms with Gasteiger partial charge < -0.3 is 4.74 Å². The van der Waals surface area contributed by atoms with Crippen molar-refractivity contribution in [3.8, 4) is 0 Å². The number of carbonyl (C=O) groups excluding carboxylic acids is 1. The fraction of sp³-hybridized carbons (Fsp3) is 0.500. The Morgan fingerprint density at radius 1 is 1.33 bits per heavy atom. The first-order valence-corrected chi connectivity index (χ1v) is 7.24. The molecule has 0 spiro atoms. The van der Waals surface area contributed by atoms with Crippen molar-refractivity contribution in [1.29, 1.82) is 0 Å². The van der Waals surface area contributed by atoms with Crippen LogP contribution in [0.25, 0.3) is 0 Å². The number of carbonyl (C=O) groups is 1. The highest BCUT2D eigenvalue weighted by atomic mass is 32.2. The Labute approximate surface area is 114 Å². The number of hydrogen-bond acceptors (Lipinski definition) is 4. The predicted octanol–water partition coefficient (Wildman–Crippen LogP) is 2.79. The van der Waals surface area contributed by atoms with E-state index in [0.717, 1.165) is 6.54 Å². The summed E-state index contributed by atoms with van der Waals surface area (Å²) < 4.78 is 5.11. The van der Waals surface area contributed by atoms with Crippen LogP contribution >= 0.6 is 11.8 Å². The maximum absolute atomic E-state index is 11.5. The highest BCUT2D eigenvalue weighted by Gasteiger charge is 2.09. The Balaban J connectivity index is 2.43. The van der Waals surface area contributed by atoms with Gasteiger partial charge in [0, 0.05) is 11.4 Å². The van der Waals surface area contributed by atoms with Gasteiger partial charge in [0.25, 0.3) is 0 Å². The van der Waals surface area contributed by atoms with Gasteiger partial charge in [-0.05, 0) is 44.8 Å². The molecule has 0 N–H and O–H groups in total. The second kappa shape index (κ2) is 7.44. The molecule has 100 valence electrons. The second-order valence-electron chi connectivity index (χ2n) is 4.56. The molecule has 0 aromatic heterocycles. The SMILES string of the molecule is CSc1ccc(CN(C)CC(=O)OC(C)C)cc1. The smallest absolute Gasteiger partial charge is 0.320 e. The first kappa shape index (κ1) is 15.1. The molecule has 0 heterocycles. The van der Waals surface area contributed by atoms with Crippen LogP contribution in [0.15, 0.2) is 29.2 Å². The number of benzene rings is 1. The van der Waals surface area contributed by atoms with Gasteiger partial charge in [-0.25, -0.2) is 0 Å². The van der Waals surface area contributed by atoms with Gasteiger partial charge >= 0.3 is 5.97 Å². The predicted molar refractivity (Wildman–Crippen MR) is 75.8 cm³/mol. The van der Waals surface area contributed by atoms with Crippen LogP contribution in [0.1, 0.15) is 19.4 Å². The molecule has 0 aliphatic carbocycles. The number of thioether (sulfide) groups is 1. The number of hydrogen-bond donors (Lipinski definition) is 0. The Kier molecular flexibility index (Phi) is 6.22. The van der Waals surface area contributed by atoms with Crippen LogP contribution in [-0.4, -0.2) is 36.8 Å². The molecule has 0 saturated heterocycles. The molecule has 3 nitrogen and oxygen atoms in total. The molecule has 0 atom stereocenters. The van der Waals surface area contributed by atoms with Crippen molar-refractivity contribution in [2.45, 2.75) is 31.4 Å². The lowest BCUT2D eigenvalue weighted by atomic mass is 10.2. The Morgan fingerprint density at radius 3 is 2.44 bits per heavy atom. The molecule has 4 heteroatoms. The van der Waals surface area contributed by atoms with Crippen molar-refractivity contribution < 1.29 is 9.53 Å². The van der Waals surface area contributed by atoms with Crippen LogP contribution in [0.4, 0.5) is 0 Å². The van der Waals surface area contributed by atoms with Gasteiger partial charge in [-0.2, -0.15) is 0 Å². The normalized spacial score (nSPS) is 11.0. The molecule has 0 radical (unpaired) electrons.